The number of hydrogen-bond donors (Lipinski definition) is 0. The summed E-state index contributed by atoms with van der Waals surface area (Å²) in [4.78, 5) is 10.6. The van der Waals surface area contributed by atoms with Crippen LogP contribution in [0.25, 0.3) is 10.2 Å². The van der Waals surface area contributed by atoms with Crippen LogP contribution in [0.3, 0.4) is 0 Å². The standard InChI is InChI=1S/C18H10BrCl2F3N2OS/c19-11-1-9-2-15(28-16(9)25-7-11)14-6-17(8-27-26-14,18(22,23)24)10-3-12(20)5-13(21)4-10/h1-5,7H,6,8H2. The number of oxime groups is 1. The molecule has 0 radical (unpaired) electrons. The Kier molecular flexibility index (Phi) is 5.10. The van der Waals surface area contributed by atoms with Crippen molar-refractivity contribution in [2.45, 2.75) is 18.0 Å². The highest BCUT2D eigenvalue weighted by atomic mass is 79.9. The number of aromatic nitrogens is 1. The van der Waals surface area contributed by atoms with Gasteiger partial charge in [-0.3, -0.25) is 0 Å². The number of pyridine rings is 1. The molecule has 10 heteroatoms. The largest absolute Gasteiger partial charge is 0.402 e. The van der Waals surface area contributed by atoms with Gasteiger partial charge in [0.05, 0.1) is 10.6 Å². The van der Waals surface area contributed by atoms with Gasteiger partial charge in [-0.15, -0.1) is 11.3 Å². The molecule has 0 N–H and O–H groups in total. The minimum Gasteiger partial charge on any atom is -0.394 e. The van der Waals surface area contributed by atoms with Crippen molar-refractivity contribution in [3.8, 4) is 0 Å². The van der Waals surface area contributed by atoms with Gasteiger partial charge in [-0.1, -0.05) is 28.4 Å². The average molecular weight is 510 g/mol. The molecule has 0 bridgehead atoms. The quantitative estimate of drug-likeness (QED) is 0.373. The highest BCUT2D eigenvalue weighted by Crippen LogP contribution is 2.48. The molecule has 2 aromatic heterocycles. The summed E-state index contributed by atoms with van der Waals surface area (Å²) in [5.41, 5.74) is -2.14. The maximum Gasteiger partial charge on any atom is 0.402 e. The minimum absolute atomic E-state index is 0.0492. The first-order valence-electron chi connectivity index (χ1n) is 7.95. The van der Waals surface area contributed by atoms with Gasteiger partial charge in [0.15, 0.2) is 0 Å². The first-order chi connectivity index (χ1) is 13.2. The molecule has 3 aromatic rings. The first kappa shape index (κ1) is 19.9. The number of fused-ring (bicyclic) bond motifs is 1. The predicted octanol–water partition coefficient (Wildman–Crippen LogP) is 6.99. The number of nitrogens with zero attached hydrogens (tertiary/aromatic N) is 2. The molecule has 1 unspecified atom stereocenters. The van der Waals surface area contributed by atoms with E-state index in [9.17, 15) is 13.2 Å². The highest BCUT2D eigenvalue weighted by Gasteiger charge is 2.59. The summed E-state index contributed by atoms with van der Waals surface area (Å²) in [7, 11) is 0. The van der Waals surface area contributed by atoms with E-state index >= 15 is 0 Å². The van der Waals surface area contributed by atoms with Crippen LogP contribution in [0, 0.1) is 0 Å². The van der Waals surface area contributed by atoms with Crippen LogP contribution in [0.5, 0.6) is 0 Å². The van der Waals surface area contributed by atoms with E-state index in [1.54, 1.807) is 12.3 Å². The van der Waals surface area contributed by atoms with E-state index in [1.807, 2.05) is 6.07 Å². The Labute approximate surface area is 180 Å². The topological polar surface area (TPSA) is 34.5 Å². The molecule has 1 aliphatic heterocycles. The van der Waals surface area contributed by atoms with Crippen molar-refractivity contribution in [1.29, 1.82) is 0 Å². The molecule has 1 aliphatic rings. The molecule has 1 aromatic carbocycles. The van der Waals surface area contributed by atoms with Crippen LogP contribution in [0.4, 0.5) is 13.2 Å². The average Bonchev–Trinajstić information content (AvgIpc) is 3.03. The molecule has 146 valence electrons. The zero-order valence-corrected chi connectivity index (χ0v) is 17.8. The first-order valence-corrected chi connectivity index (χ1v) is 10.3. The summed E-state index contributed by atoms with van der Waals surface area (Å²) in [6.07, 6.45) is -3.35. The molecule has 3 nitrogen and oxygen atoms in total. The molecular formula is C18H10BrCl2F3N2OS. The van der Waals surface area contributed by atoms with Crippen molar-refractivity contribution in [3.63, 3.8) is 0 Å². The van der Waals surface area contributed by atoms with E-state index in [0.29, 0.717) is 9.71 Å². The van der Waals surface area contributed by atoms with Gasteiger partial charge in [0.1, 0.15) is 16.9 Å². The van der Waals surface area contributed by atoms with Gasteiger partial charge in [0.2, 0.25) is 0 Å². The van der Waals surface area contributed by atoms with Crippen molar-refractivity contribution < 1.29 is 18.0 Å². The maximum absolute atomic E-state index is 14.3. The van der Waals surface area contributed by atoms with Crippen molar-refractivity contribution in [1.82, 2.24) is 4.98 Å². The van der Waals surface area contributed by atoms with Crippen LogP contribution in [0.2, 0.25) is 10.0 Å². The van der Waals surface area contributed by atoms with Gasteiger partial charge in [0.25, 0.3) is 0 Å². The number of alkyl halides is 3. The Morgan fingerprint density at radius 3 is 2.50 bits per heavy atom. The summed E-state index contributed by atoms with van der Waals surface area (Å²) in [6.45, 7) is -0.647. The van der Waals surface area contributed by atoms with Crippen molar-refractivity contribution in [2.75, 3.05) is 6.61 Å². The smallest absolute Gasteiger partial charge is 0.394 e. The minimum atomic E-state index is -4.60. The van der Waals surface area contributed by atoms with E-state index in [1.165, 1.54) is 29.5 Å². The zero-order chi connectivity index (χ0) is 20.1. The second-order valence-electron chi connectivity index (χ2n) is 6.38. The van der Waals surface area contributed by atoms with Crippen LogP contribution in [0.15, 0.2) is 46.2 Å². The normalized spacial score (nSPS) is 20.1. The Bertz CT molecular complexity index is 1080. The van der Waals surface area contributed by atoms with Crippen LogP contribution in [0.1, 0.15) is 16.9 Å². The van der Waals surface area contributed by atoms with Gasteiger partial charge in [-0.25, -0.2) is 4.98 Å². The maximum atomic E-state index is 14.3. The van der Waals surface area contributed by atoms with Crippen molar-refractivity contribution >= 4 is 66.4 Å². The number of thiophene rings is 1. The molecule has 0 saturated carbocycles. The van der Waals surface area contributed by atoms with Gasteiger partial charge >= 0.3 is 6.18 Å². The van der Waals surface area contributed by atoms with E-state index in [2.05, 4.69) is 26.1 Å². The fraction of sp³-hybridized carbons (Fsp3) is 0.222. The van der Waals surface area contributed by atoms with Crippen molar-refractivity contribution in [3.05, 3.63) is 61.5 Å². The lowest BCUT2D eigenvalue weighted by Crippen LogP contribution is -2.49. The fourth-order valence-corrected chi connectivity index (χ4v) is 4.97. The van der Waals surface area contributed by atoms with E-state index in [-0.39, 0.29) is 27.7 Å². The molecule has 4 rings (SSSR count). The van der Waals surface area contributed by atoms with Gasteiger partial charge < -0.3 is 4.84 Å². The fourth-order valence-electron chi connectivity index (χ4n) is 3.13. The van der Waals surface area contributed by atoms with Crippen molar-refractivity contribution in [2.24, 2.45) is 5.16 Å². The van der Waals surface area contributed by atoms with E-state index < -0.39 is 18.2 Å². The van der Waals surface area contributed by atoms with Gasteiger partial charge in [-0.2, -0.15) is 13.2 Å². The highest BCUT2D eigenvalue weighted by molar-refractivity contribution is 9.10. The summed E-state index contributed by atoms with van der Waals surface area (Å²) in [6, 6.07) is 7.55. The lowest BCUT2D eigenvalue weighted by atomic mass is 9.75. The number of hydrogen-bond acceptors (Lipinski definition) is 4. The van der Waals surface area contributed by atoms with Crippen LogP contribution < -0.4 is 0 Å². The SMILES string of the molecule is FC(F)(F)C1(c2cc(Cl)cc(Cl)c2)CON=C(c2cc3cc(Br)cnc3s2)C1. The molecule has 28 heavy (non-hydrogen) atoms. The third-order valence-electron chi connectivity index (χ3n) is 4.54. The lowest BCUT2D eigenvalue weighted by molar-refractivity contribution is -0.207. The van der Waals surface area contributed by atoms with E-state index in [0.717, 1.165) is 9.86 Å². The van der Waals surface area contributed by atoms with Crippen LogP contribution >= 0.6 is 50.5 Å². The van der Waals surface area contributed by atoms with Crippen LogP contribution in [-0.2, 0) is 10.3 Å². The molecule has 1 atom stereocenters. The second kappa shape index (κ2) is 7.16. The molecule has 0 fully saturated rings. The number of halogens is 6. The lowest BCUT2D eigenvalue weighted by Gasteiger charge is -2.37. The molecule has 3 heterocycles. The molecule has 0 aliphatic carbocycles. The van der Waals surface area contributed by atoms with Crippen LogP contribution in [-0.4, -0.2) is 23.5 Å². The third-order valence-corrected chi connectivity index (χ3v) is 6.51. The molecule has 0 spiro atoms. The summed E-state index contributed by atoms with van der Waals surface area (Å²) in [5, 5.41) is 4.99. The number of benzene rings is 1. The Morgan fingerprint density at radius 2 is 1.82 bits per heavy atom. The summed E-state index contributed by atoms with van der Waals surface area (Å²) in [5.74, 6) is 0. The summed E-state index contributed by atoms with van der Waals surface area (Å²) < 4.78 is 43.5. The van der Waals surface area contributed by atoms with Gasteiger partial charge in [-0.05, 0) is 51.8 Å². The second-order valence-corrected chi connectivity index (χ2v) is 9.20. The molecular weight excluding hydrogens is 500 g/mol. The van der Waals surface area contributed by atoms with E-state index in [4.69, 9.17) is 28.0 Å². The Morgan fingerprint density at radius 1 is 1.11 bits per heavy atom. The number of rotatable bonds is 2. The molecule has 0 saturated heterocycles. The monoisotopic (exact) mass is 508 g/mol. The summed E-state index contributed by atoms with van der Waals surface area (Å²) >= 11 is 16.5. The third kappa shape index (κ3) is 3.51. The zero-order valence-electron chi connectivity index (χ0n) is 13.9. The predicted molar refractivity (Wildman–Crippen MR) is 109 cm³/mol. The Balaban J connectivity index is 1.80. The Hall–Kier alpha value is -1.35. The van der Waals surface area contributed by atoms with Gasteiger partial charge in [0, 0.05) is 32.5 Å². The molecule has 0 amide bonds.